The number of aromatic nitrogens is 1. The Balaban J connectivity index is 1.66. The molecule has 0 aliphatic carbocycles. The lowest BCUT2D eigenvalue weighted by molar-refractivity contribution is 0.116. The van der Waals surface area contributed by atoms with Crippen LogP contribution in [-0.4, -0.2) is 11.6 Å². The number of nitrogens with one attached hydrogen (secondary N) is 1. The molecule has 0 fully saturated rings. The molecular formula is C15H19N3O. The van der Waals surface area contributed by atoms with Gasteiger partial charge in [0.2, 0.25) is 0 Å². The van der Waals surface area contributed by atoms with E-state index < -0.39 is 0 Å². The van der Waals surface area contributed by atoms with E-state index in [9.17, 15) is 0 Å². The second-order valence-corrected chi connectivity index (χ2v) is 4.32. The molecule has 0 aliphatic heterocycles. The van der Waals surface area contributed by atoms with Gasteiger partial charge in [0.05, 0.1) is 18.0 Å². The maximum Gasteiger partial charge on any atom is 0.0888 e. The van der Waals surface area contributed by atoms with Crippen LogP contribution in [0.2, 0.25) is 0 Å². The van der Waals surface area contributed by atoms with Gasteiger partial charge in [-0.25, -0.2) is 0 Å². The van der Waals surface area contributed by atoms with Crippen LogP contribution in [0, 0.1) is 0 Å². The number of anilines is 1. The van der Waals surface area contributed by atoms with Crippen LogP contribution in [0.3, 0.4) is 0 Å². The number of hydrogen-bond donors (Lipinski definition) is 2. The van der Waals surface area contributed by atoms with E-state index in [1.165, 1.54) is 5.56 Å². The first kappa shape index (κ1) is 13.5. The molecule has 0 amide bonds. The lowest BCUT2D eigenvalue weighted by atomic mass is 10.1. The number of benzene rings is 1. The van der Waals surface area contributed by atoms with E-state index in [0.717, 1.165) is 30.8 Å². The third-order valence-corrected chi connectivity index (χ3v) is 2.83. The van der Waals surface area contributed by atoms with Crippen molar-refractivity contribution < 1.29 is 4.74 Å². The monoisotopic (exact) mass is 257 g/mol. The van der Waals surface area contributed by atoms with Gasteiger partial charge in [0, 0.05) is 12.8 Å². The molecule has 0 aliphatic rings. The number of pyridine rings is 1. The largest absolute Gasteiger partial charge is 0.375 e. The Kier molecular flexibility index (Phi) is 5.34. The first-order chi connectivity index (χ1) is 9.38. The van der Waals surface area contributed by atoms with Crippen LogP contribution in [0.1, 0.15) is 17.7 Å². The number of nitrogen functional groups attached to an aromatic ring is 1. The summed E-state index contributed by atoms with van der Waals surface area (Å²) in [5.74, 6) is 5.34. The van der Waals surface area contributed by atoms with Crippen molar-refractivity contribution in [3.63, 3.8) is 0 Å². The molecule has 1 aromatic carbocycles. The standard InChI is InChI=1S/C15H19N3O/c16-18-14-8-9-17-15(11-14)12-19-10-4-7-13-5-2-1-3-6-13/h1-3,5-6,8-9,11H,4,7,10,12,16H2,(H,17,18). The average Bonchev–Trinajstić information content (AvgIpc) is 2.48. The SMILES string of the molecule is NNc1ccnc(COCCCc2ccccc2)c1. The normalized spacial score (nSPS) is 10.4. The Morgan fingerprint density at radius 2 is 2.00 bits per heavy atom. The van der Waals surface area contributed by atoms with Crippen molar-refractivity contribution in [3.05, 3.63) is 59.9 Å². The smallest absolute Gasteiger partial charge is 0.0888 e. The summed E-state index contributed by atoms with van der Waals surface area (Å²) < 4.78 is 5.61. The fourth-order valence-corrected chi connectivity index (χ4v) is 1.85. The molecule has 0 radical (unpaired) electrons. The Bertz CT molecular complexity index is 488. The highest BCUT2D eigenvalue weighted by molar-refractivity contribution is 5.41. The van der Waals surface area contributed by atoms with Crippen LogP contribution in [0.5, 0.6) is 0 Å². The van der Waals surface area contributed by atoms with Crippen molar-refractivity contribution in [3.8, 4) is 0 Å². The summed E-state index contributed by atoms with van der Waals surface area (Å²) in [4.78, 5) is 4.22. The molecule has 0 unspecified atom stereocenters. The lowest BCUT2D eigenvalue weighted by Crippen LogP contribution is -2.07. The minimum absolute atomic E-state index is 0.518. The fourth-order valence-electron chi connectivity index (χ4n) is 1.85. The van der Waals surface area contributed by atoms with Gasteiger partial charge in [-0.3, -0.25) is 10.8 Å². The first-order valence-electron chi connectivity index (χ1n) is 6.41. The zero-order valence-electron chi connectivity index (χ0n) is 10.9. The molecule has 2 aromatic rings. The number of nitrogens with zero attached hydrogens (tertiary/aromatic N) is 1. The van der Waals surface area contributed by atoms with E-state index in [1.54, 1.807) is 6.20 Å². The predicted molar refractivity (Wildman–Crippen MR) is 76.5 cm³/mol. The molecule has 0 atom stereocenters. The Labute approximate surface area is 113 Å². The molecule has 4 nitrogen and oxygen atoms in total. The quantitative estimate of drug-likeness (QED) is 0.454. The maximum atomic E-state index is 5.61. The van der Waals surface area contributed by atoms with Crippen molar-refractivity contribution in [2.24, 2.45) is 5.84 Å². The van der Waals surface area contributed by atoms with Crippen LogP contribution in [0.25, 0.3) is 0 Å². The molecule has 0 spiro atoms. The second-order valence-electron chi connectivity index (χ2n) is 4.32. The summed E-state index contributed by atoms with van der Waals surface area (Å²) in [6.07, 6.45) is 3.77. The van der Waals surface area contributed by atoms with E-state index >= 15 is 0 Å². The zero-order chi connectivity index (χ0) is 13.3. The van der Waals surface area contributed by atoms with E-state index in [4.69, 9.17) is 10.6 Å². The molecule has 19 heavy (non-hydrogen) atoms. The molecular weight excluding hydrogens is 238 g/mol. The van der Waals surface area contributed by atoms with Crippen molar-refractivity contribution in [1.29, 1.82) is 0 Å². The third kappa shape index (κ3) is 4.69. The Hall–Kier alpha value is -1.91. The van der Waals surface area contributed by atoms with Crippen LogP contribution < -0.4 is 11.3 Å². The lowest BCUT2D eigenvalue weighted by Gasteiger charge is -2.06. The minimum Gasteiger partial charge on any atom is -0.375 e. The summed E-state index contributed by atoms with van der Waals surface area (Å²) in [5, 5.41) is 0. The van der Waals surface area contributed by atoms with Crippen molar-refractivity contribution in [2.75, 3.05) is 12.0 Å². The summed E-state index contributed by atoms with van der Waals surface area (Å²) in [7, 11) is 0. The highest BCUT2D eigenvalue weighted by Crippen LogP contribution is 2.08. The van der Waals surface area contributed by atoms with Crippen molar-refractivity contribution in [1.82, 2.24) is 4.98 Å². The molecule has 1 heterocycles. The number of ether oxygens (including phenoxy) is 1. The molecule has 3 N–H and O–H groups in total. The number of hydrazine groups is 1. The van der Waals surface area contributed by atoms with Gasteiger partial charge in [-0.1, -0.05) is 30.3 Å². The predicted octanol–water partition coefficient (Wildman–Crippen LogP) is 2.52. The molecule has 2 rings (SSSR count). The van der Waals surface area contributed by atoms with Crippen LogP contribution in [0.15, 0.2) is 48.7 Å². The number of hydrogen-bond acceptors (Lipinski definition) is 4. The topological polar surface area (TPSA) is 60.2 Å². The number of aryl methyl sites for hydroxylation is 1. The zero-order valence-corrected chi connectivity index (χ0v) is 10.9. The van der Waals surface area contributed by atoms with Crippen molar-refractivity contribution in [2.45, 2.75) is 19.4 Å². The fraction of sp³-hybridized carbons (Fsp3) is 0.267. The van der Waals surface area contributed by atoms with E-state index in [-0.39, 0.29) is 0 Å². The van der Waals surface area contributed by atoms with E-state index in [0.29, 0.717) is 6.61 Å². The summed E-state index contributed by atoms with van der Waals surface area (Å²) >= 11 is 0. The van der Waals surface area contributed by atoms with E-state index in [2.05, 4.69) is 34.7 Å². The molecule has 100 valence electrons. The second kappa shape index (κ2) is 7.51. The summed E-state index contributed by atoms with van der Waals surface area (Å²) in [6.45, 7) is 1.25. The average molecular weight is 257 g/mol. The van der Waals surface area contributed by atoms with Crippen LogP contribution >= 0.6 is 0 Å². The van der Waals surface area contributed by atoms with Crippen molar-refractivity contribution >= 4 is 5.69 Å². The van der Waals surface area contributed by atoms with Gasteiger partial charge >= 0.3 is 0 Å². The minimum atomic E-state index is 0.518. The van der Waals surface area contributed by atoms with E-state index in [1.807, 2.05) is 18.2 Å². The van der Waals surface area contributed by atoms with Gasteiger partial charge in [-0.2, -0.15) is 0 Å². The van der Waals surface area contributed by atoms with Crippen LogP contribution in [0.4, 0.5) is 5.69 Å². The highest BCUT2D eigenvalue weighted by atomic mass is 16.5. The maximum absolute atomic E-state index is 5.61. The molecule has 4 heteroatoms. The van der Waals surface area contributed by atoms with Gasteiger partial charge < -0.3 is 10.2 Å². The molecule has 0 saturated carbocycles. The van der Waals surface area contributed by atoms with Gasteiger partial charge in [-0.05, 0) is 30.5 Å². The molecule has 1 aromatic heterocycles. The van der Waals surface area contributed by atoms with Gasteiger partial charge in [0.1, 0.15) is 0 Å². The third-order valence-electron chi connectivity index (χ3n) is 2.83. The number of nitrogens with two attached hydrogens (primary N) is 1. The summed E-state index contributed by atoms with van der Waals surface area (Å²) in [6, 6.07) is 14.1. The molecule has 0 bridgehead atoms. The number of rotatable bonds is 7. The molecule has 0 saturated heterocycles. The van der Waals surface area contributed by atoms with Gasteiger partial charge in [0.25, 0.3) is 0 Å². The van der Waals surface area contributed by atoms with Gasteiger partial charge in [-0.15, -0.1) is 0 Å². The Morgan fingerprint density at radius 3 is 2.79 bits per heavy atom. The Morgan fingerprint density at radius 1 is 1.16 bits per heavy atom. The first-order valence-corrected chi connectivity index (χ1v) is 6.41. The van der Waals surface area contributed by atoms with Crippen LogP contribution in [-0.2, 0) is 17.8 Å². The van der Waals surface area contributed by atoms with Gasteiger partial charge in [0.15, 0.2) is 0 Å². The summed E-state index contributed by atoms with van der Waals surface area (Å²) in [5.41, 5.74) is 5.67. The highest BCUT2D eigenvalue weighted by Gasteiger charge is 1.97.